The molecule has 0 rings (SSSR count). The molecule has 0 aliphatic heterocycles. The van der Waals surface area contributed by atoms with Gasteiger partial charge in [0.2, 0.25) is 5.91 Å². The second-order valence-corrected chi connectivity index (χ2v) is 21.7. The summed E-state index contributed by atoms with van der Waals surface area (Å²) >= 11 is 0. The van der Waals surface area contributed by atoms with E-state index in [2.05, 4.69) is 67.8 Å². The third kappa shape index (κ3) is 52.9. The molecule has 4 unspecified atom stereocenters. The molecule has 6 nitrogen and oxygen atoms in total. The summed E-state index contributed by atoms with van der Waals surface area (Å²) in [6.07, 6.45) is 76.4. The number of aliphatic hydroxyl groups excluding tert-OH is 4. The van der Waals surface area contributed by atoms with Crippen molar-refractivity contribution < 1.29 is 25.2 Å². The standard InChI is InChI=1S/C65H123NO5/c1-3-5-7-9-11-13-15-17-19-21-23-25-27-29-31-32-33-35-36-38-40-42-44-46-48-50-52-54-56-58-62(68)64(70)61(60-67)66-65(71)63(69)59-57-55-53-51-49-47-45-43-41-39-37-34-30-28-26-24-22-20-18-16-14-12-10-8-6-4-2/h30,34-36,42,44,50,52,61-64,67-70H,3-29,31-33,37-41,43,45-49,51,53-60H2,1-2H3,(H,66,71)/b34-30-,36-35+,44-42+,52-50+. The number of amides is 1. The Bertz CT molecular complexity index is 1170. The maximum atomic E-state index is 12.6. The van der Waals surface area contributed by atoms with Gasteiger partial charge in [0.1, 0.15) is 12.2 Å². The molecule has 6 heteroatoms. The maximum Gasteiger partial charge on any atom is 0.249 e. The van der Waals surface area contributed by atoms with E-state index < -0.39 is 36.9 Å². The number of hydrogen-bond acceptors (Lipinski definition) is 5. The Hall–Kier alpha value is -1.73. The lowest BCUT2D eigenvalue weighted by Crippen LogP contribution is -2.53. The highest BCUT2D eigenvalue weighted by Crippen LogP contribution is 2.18. The predicted molar refractivity (Wildman–Crippen MR) is 311 cm³/mol. The molecule has 5 N–H and O–H groups in total. The van der Waals surface area contributed by atoms with Gasteiger partial charge in [-0.05, 0) is 89.9 Å². The fourth-order valence-corrected chi connectivity index (χ4v) is 9.79. The Kier molecular flexibility index (Phi) is 57.7. The van der Waals surface area contributed by atoms with E-state index in [0.717, 1.165) is 51.4 Å². The van der Waals surface area contributed by atoms with Crippen LogP contribution in [0, 0.1) is 0 Å². The predicted octanol–water partition coefficient (Wildman–Crippen LogP) is 18.9. The van der Waals surface area contributed by atoms with E-state index in [1.54, 1.807) is 0 Å². The Balaban J connectivity index is 3.67. The number of nitrogens with one attached hydrogen (secondary N) is 1. The molecule has 0 aromatic rings. The quantitative estimate of drug-likeness (QED) is 0.0308. The van der Waals surface area contributed by atoms with Gasteiger partial charge in [0.25, 0.3) is 0 Å². The second kappa shape index (κ2) is 59.2. The van der Waals surface area contributed by atoms with Gasteiger partial charge in [0.05, 0.1) is 18.8 Å². The molecular formula is C65H123NO5. The van der Waals surface area contributed by atoms with E-state index in [1.165, 1.54) is 244 Å². The third-order valence-corrected chi connectivity index (χ3v) is 14.7. The third-order valence-electron chi connectivity index (χ3n) is 14.7. The van der Waals surface area contributed by atoms with E-state index in [0.29, 0.717) is 19.3 Å². The smallest absolute Gasteiger partial charge is 0.249 e. The Labute approximate surface area is 442 Å². The van der Waals surface area contributed by atoms with Gasteiger partial charge in [0.15, 0.2) is 0 Å². The lowest BCUT2D eigenvalue weighted by Gasteiger charge is -2.27. The van der Waals surface area contributed by atoms with E-state index in [9.17, 15) is 25.2 Å². The molecule has 0 saturated carbocycles. The van der Waals surface area contributed by atoms with Gasteiger partial charge in [0, 0.05) is 0 Å². The lowest BCUT2D eigenvalue weighted by molar-refractivity contribution is -0.132. The van der Waals surface area contributed by atoms with Crippen molar-refractivity contribution in [3.05, 3.63) is 48.6 Å². The van der Waals surface area contributed by atoms with Gasteiger partial charge in [-0.1, -0.05) is 287 Å². The fraction of sp³-hybridized carbons (Fsp3) is 0.862. The van der Waals surface area contributed by atoms with Crippen molar-refractivity contribution in [2.45, 2.75) is 353 Å². The van der Waals surface area contributed by atoms with Crippen molar-refractivity contribution in [2.75, 3.05) is 6.61 Å². The zero-order chi connectivity index (χ0) is 51.6. The normalized spacial score (nSPS) is 13.9. The van der Waals surface area contributed by atoms with Crippen molar-refractivity contribution in [1.29, 1.82) is 0 Å². The summed E-state index contributed by atoms with van der Waals surface area (Å²) in [6.45, 7) is 4.08. The van der Waals surface area contributed by atoms with Gasteiger partial charge < -0.3 is 25.7 Å². The van der Waals surface area contributed by atoms with Crippen molar-refractivity contribution in [3.8, 4) is 0 Å². The largest absolute Gasteiger partial charge is 0.394 e. The molecule has 0 fully saturated rings. The highest BCUT2D eigenvalue weighted by Gasteiger charge is 2.28. The first-order chi connectivity index (χ1) is 35.0. The van der Waals surface area contributed by atoms with Crippen LogP contribution in [-0.2, 0) is 4.79 Å². The van der Waals surface area contributed by atoms with Crippen molar-refractivity contribution in [3.63, 3.8) is 0 Å². The Morgan fingerprint density at radius 2 is 0.592 bits per heavy atom. The number of carbonyl (C=O) groups is 1. The average molecular weight is 999 g/mol. The van der Waals surface area contributed by atoms with Gasteiger partial charge in [-0.3, -0.25) is 4.79 Å². The van der Waals surface area contributed by atoms with Crippen LogP contribution in [0.4, 0.5) is 0 Å². The Morgan fingerprint density at radius 1 is 0.338 bits per heavy atom. The SMILES string of the molecule is CCCCCCCCCCCCCC/C=C\CCCCCCCCCCCCC(O)C(=O)NC(CO)C(O)C(O)CCC/C=C/CC/C=C/CC/C=C/CCCCCCCCCCCCCCCCCC. The van der Waals surface area contributed by atoms with Crippen LogP contribution < -0.4 is 5.32 Å². The van der Waals surface area contributed by atoms with E-state index >= 15 is 0 Å². The van der Waals surface area contributed by atoms with Gasteiger partial charge in [-0.25, -0.2) is 0 Å². The van der Waals surface area contributed by atoms with Crippen LogP contribution in [0.2, 0.25) is 0 Å². The van der Waals surface area contributed by atoms with Crippen LogP contribution >= 0.6 is 0 Å². The van der Waals surface area contributed by atoms with E-state index in [1.807, 2.05) is 0 Å². The number of aliphatic hydroxyl groups is 4. The van der Waals surface area contributed by atoms with E-state index in [-0.39, 0.29) is 0 Å². The molecular weight excluding hydrogens is 875 g/mol. The van der Waals surface area contributed by atoms with Crippen LogP contribution in [0.1, 0.15) is 328 Å². The molecule has 4 atom stereocenters. The summed E-state index contributed by atoms with van der Waals surface area (Å²) in [5.74, 6) is -0.598. The number of unbranched alkanes of at least 4 members (excludes halogenated alkanes) is 41. The first-order valence-electron chi connectivity index (χ1n) is 31.5. The van der Waals surface area contributed by atoms with Crippen molar-refractivity contribution in [1.82, 2.24) is 5.32 Å². The van der Waals surface area contributed by atoms with Crippen LogP contribution in [-0.4, -0.2) is 57.3 Å². The maximum absolute atomic E-state index is 12.6. The summed E-state index contributed by atoms with van der Waals surface area (Å²) in [6, 6.07) is -1.01. The fourth-order valence-electron chi connectivity index (χ4n) is 9.79. The topological polar surface area (TPSA) is 110 Å². The summed E-state index contributed by atoms with van der Waals surface area (Å²) in [5, 5.41) is 44.1. The summed E-state index contributed by atoms with van der Waals surface area (Å²) in [7, 11) is 0. The molecule has 0 saturated heterocycles. The summed E-state index contributed by atoms with van der Waals surface area (Å²) in [5.41, 5.74) is 0. The summed E-state index contributed by atoms with van der Waals surface area (Å²) in [4.78, 5) is 12.6. The zero-order valence-corrected chi connectivity index (χ0v) is 47.5. The molecule has 0 aliphatic carbocycles. The zero-order valence-electron chi connectivity index (χ0n) is 47.5. The molecule has 0 radical (unpaired) electrons. The summed E-state index contributed by atoms with van der Waals surface area (Å²) < 4.78 is 0. The molecule has 0 aromatic carbocycles. The molecule has 1 amide bonds. The first kappa shape index (κ1) is 69.3. The molecule has 71 heavy (non-hydrogen) atoms. The van der Waals surface area contributed by atoms with Crippen LogP contribution in [0.3, 0.4) is 0 Å². The number of rotatable bonds is 58. The second-order valence-electron chi connectivity index (χ2n) is 21.7. The molecule has 0 aromatic heterocycles. The molecule has 0 bridgehead atoms. The molecule has 0 spiro atoms. The minimum atomic E-state index is -1.30. The molecule has 0 heterocycles. The van der Waals surface area contributed by atoms with Crippen molar-refractivity contribution in [2.24, 2.45) is 0 Å². The minimum Gasteiger partial charge on any atom is -0.394 e. The van der Waals surface area contributed by atoms with E-state index in [4.69, 9.17) is 0 Å². The number of hydrogen-bond donors (Lipinski definition) is 5. The van der Waals surface area contributed by atoms with Gasteiger partial charge in [-0.2, -0.15) is 0 Å². The first-order valence-corrected chi connectivity index (χ1v) is 31.5. The molecule has 0 aliphatic rings. The number of carbonyl (C=O) groups excluding carboxylic acids is 1. The highest BCUT2D eigenvalue weighted by atomic mass is 16.3. The lowest BCUT2D eigenvalue weighted by atomic mass is 10.00. The number of allylic oxidation sites excluding steroid dienone is 8. The minimum absolute atomic E-state index is 0.357. The Morgan fingerprint density at radius 3 is 0.887 bits per heavy atom. The van der Waals surface area contributed by atoms with Gasteiger partial charge >= 0.3 is 0 Å². The van der Waals surface area contributed by atoms with Gasteiger partial charge in [-0.15, -0.1) is 0 Å². The monoisotopic (exact) mass is 998 g/mol. The van der Waals surface area contributed by atoms with Crippen molar-refractivity contribution >= 4 is 5.91 Å². The van der Waals surface area contributed by atoms with Crippen LogP contribution in [0.5, 0.6) is 0 Å². The molecule has 418 valence electrons. The van der Waals surface area contributed by atoms with Crippen LogP contribution in [0.15, 0.2) is 48.6 Å². The average Bonchev–Trinajstić information content (AvgIpc) is 3.38. The highest BCUT2D eigenvalue weighted by molar-refractivity contribution is 5.80. The van der Waals surface area contributed by atoms with Crippen LogP contribution in [0.25, 0.3) is 0 Å².